The molecular weight excluding hydrogens is 943 g/mol. The smallest absolute Gasteiger partial charge is 0.228 e. The SMILES string of the molecule is COc1c(N(O[Si](C)(C)C(C)(C)C)C(C)(C)C)cc(N([O])c2cc(N(O[Si](C)(C)C(C)(C)C)C(C)(C)C)c(OC)c(N(O[Si](C)(C)C(C)(C)C)C(C)(C)C)c2)cc1N(O[Si](C)(C)C(C)(C)C)C(C)(C)C. The van der Waals surface area contributed by atoms with Crippen LogP contribution >= 0.6 is 0 Å². The predicted molar refractivity (Wildman–Crippen MR) is 311 cm³/mol. The summed E-state index contributed by atoms with van der Waals surface area (Å²) in [7, 11) is -6.66. The second kappa shape index (κ2) is 20.4. The minimum Gasteiger partial charge on any atom is -0.492 e. The zero-order chi connectivity index (χ0) is 55.6. The maximum Gasteiger partial charge on any atom is 0.228 e. The third kappa shape index (κ3) is 14.5. The van der Waals surface area contributed by atoms with Crippen LogP contribution in [-0.4, -0.2) is 69.6 Å². The molecule has 0 amide bonds. The van der Waals surface area contributed by atoms with Crippen LogP contribution in [0.2, 0.25) is 72.5 Å². The van der Waals surface area contributed by atoms with Crippen molar-refractivity contribution in [2.24, 2.45) is 0 Å². The molecule has 0 N–H and O–H groups in total. The number of ether oxygens (including phenoxy) is 2. The third-order valence-corrected chi connectivity index (χ3v) is 31.8. The van der Waals surface area contributed by atoms with E-state index in [2.05, 4.69) is 219 Å². The van der Waals surface area contributed by atoms with E-state index in [1.165, 1.54) is 0 Å². The van der Waals surface area contributed by atoms with Crippen LogP contribution in [0.3, 0.4) is 0 Å². The van der Waals surface area contributed by atoms with E-state index in [9.17, 15) is 0 Å². The first kappa shape index (κ1) is 63.8. The second-order valence-electron chi connectivity index (χ2n) is 29.6. The molecule has 0 fully saturated rings. The lowest BCUT2D eigenvalue weighted by molar-refractivity contribution is 0.174. The number of hydrogen-bond acceptors (Lipinski definition) is 11. The number of benzene rings is 2. The van der Waals surface area contributed by atoms with Gasteiger partial charge in [0.05, 0.1) is 47.8 Å². The zero-order valence-electron chi connectivity index (χ0n) is 51.4. The molecule has 2 aromatic carbocycles. The molecule has 0 unspecified atom stereocenters. The lowest BCUT2D eigenvalue weighted by Crippen LogP contribution is -2.54. The van der Waals surface area contributed by atoms with Crippen molar-refractivity contribution in [2.75, 3.05) is 39.5 Å². The average Bonchev–Trinajstić information content (AvgIpc) is 3.12. The zero-order valence-corrected chi connectivity index (χ0v) is 55.4. The summed E-state index contributed by atoms with van der Waals surface area (Å²) in [5.41, 5.74) is 0.852. The molecule has 0 saturated carbocycles. The fraction of sp³-hybridized carbons (Fsp3) is 0.778. The summed E-state index contributed by atoms with van der Waals surface area (Å²) in [6.07, 6.45) is 0. The molecule has 16 heteroatoms. The van der Waals surface area contributed by atoms with Crippen molar-refractivity contribution in [2.45, 2.75) is 261 Å². The van der Waals surface area contributed by atoms with Gasteiger partial charge in [0.15, 0.2) is 11.5 Å². The van der Waals surface area contributed by atoms with Gasteiger partial charge in [-0.15, -0.1) is 0 Å². The molecule has 0 aromatic heterocycles. The highest BCUT2D eigenvalue weighted by Crippen LogP contribution is 2.54. The van der Waals surface area contributed by atoms with Crippen LogP contribution in [0.1, 0.15) is 166 Å². The fourth-order valence-corrected chi connectivity index (χ4v) is 10.6. The normalized spacial score (nSPS) is 14.4. The Morgan fingerprint density at radius 3 is 0.600 bits per heavy atom. The third-order valence-electron chi connectivity index (χ3n) is 14.8. The van der Waals surface area contributed by atoms with E-state index in [0.717, 1.165) is 5.06 Å². The van der Waals surface area contributed by atoms with Crippen molar-refractivity contribution in [3.63, 3.8) is 0 Å². The van der Waals surface area contributed by atoms with Crippen molar-refractivity contribution in [1.29, 1.82) is 0 Å². The van der Waals surface area contributed by atoms with E-state index in [4.69, 9.17) is 27.6 Å². The molecule has 1 radical (unpaired) electrons. The van der Waals surface area contributed by atoms with Gasteiger partial charge in [-0.3, -0.25) is 20.3 Å². The summed E-state index contributed by atoms with van der Waals surface area (Å²) in [5, 5.41) is 24.5. The van der Waals surface area contributed by atoms with E-state index >= 15 is 5.21 Å². The lowest BCUT2D eigenvalue weighted by atomic mass is 10.0. The minimum atomic E-state index is -2.51. The summed E-state index contributed by atoms with van der Waals surface area (Å²) in [6.45, 7) is 70.3. The van der Waals surface area contributed by atoms with Gasteiger partial charge in [0.25, 0.3) is 0 Å². The van der Waals surface area contributed by atoms with Gasteiger partial charge in [-0.05, 0) is 180 Å². The molecule has 2 aromatic rings. The maximum absolute atomic E-state index is 16.2. The first-order valence-electron chi connectivity index (χ1n) is 25.5. The van der Waals surface area contributed by atoms with Crippen molar-refractivity contribution < 1.29 is 32.8 Å². The quantitative estimate of drug-likeness (QED) is 0.119. The van der Waals surface area contributed by atoms with Crippen LogP contribution in [0.15, 0.2) is 24.3 Å². The van der Waals surface area contributed by atoms with Gasteiger partial charge in [-0.1, -0.05) is 88.3 Å². The molecule has 0 saturated heterocycles. The van der Waals surface area contributed by atoms with Gasteiger partial charge in [0.1, 0.15) is 22.7 Å². The first-order valence-corrected chi connectivity index (χ1v) is 37.1. The number of nitrogens with zero attached hydrogens (tertiary/aromatic N) is 5. The Kier molecular flexibility index (Phi) is 18.6. The van der Waals surface area contributed by atoms with Crippen LogP contribution in [0.4, 0.5) is 34.1 Å². The van der Waals surface area contributed by atoms with Crippen LogP contribution in [0.5, 0.6) is 11.5 Å². The monoisotopic (exact) mass is 1050 g/mol. The molecule has 0 spiro atoms. The average molecular weight is 1050 g/mol. The van der Waals surface area contributed by atoms with Crippen LogP contribution in [-0.2, 0) is 23.3 Å². The number of hydroxylamine groups is 4. The molecule has 0 aliphatic carbocycles. The Labute approximate surface area is 434 Å². The predicted octanol–water partition coefficient (Wildman–Crippen LogP) is 17.4. The number of anilines is 6. The molecule has 0 atom stereocenters. The van der Waals surface area contributed by atoms with Gasteiger partial charge in [-0.2, -0.15) is 5.06 Å². The van der Waals surface area contributed by atoms with Crippen LogP contribution in [0, 0.1) is 0 Å². The molecule has 0 bridgehead atoms. The molecule has 405 valence electrons. The highest BCUT2D eigenvalue weighted by Gasteiger charge is 2.48. The molecule has 0 aliphatic heterocycles. The molecule has 0 aliphatic rings. The van der Waals surface area contributed by atoms with E-state index in [-0.39, 0.29) is 20.2 Å². The Balaban J connectivity index is 3.57. The van der Waals surface area contributed by atoms with Gasteiger partial charge in [-0.25, -0.2) is 0 Å². The summed E-state index contributed by atoms with van der Waals surface area (Å²) in [5.74, 6) is 1.08. The van der Waals surface area contributed by atoms with E-state index < -0.39 is 55.4 Å². The van der Waals surface area contributed by atoms with E-state index in [1.54, 1.807) is 14.2 Å². The Morgan fingerprint density at radius 1 is 0.329 bits per heavy atom. The fourth-order valence-electron chi connectivity index (χ4n) is 6.22. The Bertz CT molecular complexity index is 1810. The van der Waals surface area contributed by atoms with Gasteiger partial charge in [0, 0.05) is 0 Å². The molecular formula is C54H106N5O7Si4. The summed E-state index contributed by atoms with van der Waals surface area (Å²) in [4.78, 5) is 0. The topological polar surface area (TPSA) is 91.5 Å². The Morgan fingerprint density at radius 2 is 0.486 bits per heavy atom. The van der Waals surface area contributed by atoms with Crippen LogP contribution in [0.25, 0.3) is 0 Å². The molecule has 12 nitrogen and oxygen atoms in total. The number of rotatable bonds is 16. The summed E-state index contributed by atoms with van der Waals surface area (Å²) < 4.78 is 42.4. The standard InChI is InChI=1S/C54H106N5O7Si4/c1-47(2,3)56(63-67(27,28)51(13,14)15)41-35-39(36-42(45(41)61-25)57(48(4,5)6)64-68(29,30)52(16,17)18)55(60)40-37-43(58(49(7,8)9)65-69(31,32)53(19,20)21)46(62-26)44(38-40)59(50(10,11)12)66-70(33,34)54(22,23)24/h35-38H,1-34H3. The number of methoxy groups -OCH3 is 2. The lowest BCUT2D eigenvalue weighted by Gasteiger charge is -2.48. The molecule has 70 heavy (non-hydrogen) atoms. The van der Waals surface area contributed by atoms with Gasteiger partial charge < -0.3 is 27.6 Å². The highest BCUT2D eigenvalue weighted by atomic mass is 28.4. The maximum atomic E-state index is 16.2. The van der Waals surface area contributed by atoms with Crippen molar-refractivity contribution in [3.05, 3.63) is 24.3 Å². The van der Waals surface area contributed by atoms with Crippen molar-refractivity contribution in [3.8, 4) is 11.5 Å². The first-order chi connectivity index (χ1) is 30.6. The second-order valence-corrected chi connectivity index (χ2v) is 48.4. The summed E-state index contributed by atoms with van der Waals surface area (Å²) in [6, 6.07) is 7.63. The van der Waals surface area contributed by atoms with Crippen molar-refractivity contribution in [1.82, 2.24) is 0 Å². The molecule has 2 rings (SSSR count). The van der Waals surface area contributed by atoms with E-state index in [0.29, 0.717) is 45.6 Å². The summed E-state index contributed by atoms with van der Waals surface area (Å²) >= 11 is 0. The highest BCUT2D eigenvalue weighted by molar-refractivity contribution is 6.75. The Hall–Kier alpha value is -2.29. The largest absolute Gasteiger partial charge is 0.492 e. The van der Waals surface area contributed by atoms with Gasteiger partial charge in [0.2, 0.25) is 33.3 Å². The van der Waals surface area contributed by atoms with Gasteiger partial charge >= 0.3 is 0 Å². The van der Waals surface area contributed by atoms with Crippen molar-refractivity contribution >= 4 is 67.4 Å². The molecule has 0 heterocycles. The van der Waals surface area contributed by atoms with E-state index in [1.807, 2.05) is 44.5 Å². The van der Waals surface area contributed by atoms with Crippen LogP contribution < -0.4 is 34.8 Å². The minimum absolute atomic E-state index is 0.135. The number of hydrogen-bond donors (Lipinski definition) is 0.